The summed E-state index contributed by atoms with van der Waals surface area (Å²) in [6, 6.07) is 35.8. The number of hydrogen-bond donors (Lipinski definition) is 0. The normalized spacial score (nSPS) is 13.3. The van der Waals surface area contributed by atoms with Gasteiger partial charge in [-0.25, -0.2) is 4.98 Å². The molecule has 0 saturated heterocycles. The SMILES string of the molecule is [2H]C(CC)(CC)c1cc(-[n+]2[c-]n(-c3cc(Oc4ccc5c6cc(C(C)(C)C)ccc6n(-c6cc(C(C)(C)C)ccn6)c5c4)ccn3)c3ccccc32)cc(C([2H])(CC)CC)c1. The maximum absolute atomic E-state index is 9.43. The van der Waals surface area contributed by atoms with Gasteiger partial charge in [0.05, 0.1) is 27.8 Å². The molecule has 6 nitrogen and oxygen atoms in total. The van der Waals surface area contributed by atoms with E-state index in [0.29, 0.717) is 43.0 Å². The largest absolute Gasteiger partial charge is 0.458 e. The first-order valence-corrected chi connectivity index (χ1v) is 21.3. The van der Waals surface area contributed by atoms with Gasteiger partial charge in [-0.3, -0.25) is 18.7 Å². The van der Waals surface area contributed by atoms with Gasteiger partial charge in [0.2, 0.25) is 0 Å². The maximum Gasteiger partial charge on any atom is 0.271 e. The lowest BCUT2D eigenvalue weighted by Crippen LogP contribution is -2.30. The molecular formula is C53H59N5O. The van der Waals surface area contributed by atoms with Crippen molar-refractivity contribution >= 4 is 32.8 Å². The summed E-state index contributed by atoms with van der Waals surface area (Å²) < 4.78 is 31.8. The van der Waals surface area contributed by atoms with E-state index in [1.807, 2.05) is 41.1 Å². The molecule has 8 rings (SSSR count). The summed E-state index contributed by atoms with van der Waals surface area (Å²) in [5.41, 5.74) is 9.20. The third-order valence-corrected chi connectivity index (χ3v) is 11.9. The molecule has 59 heavy (non-hydrogen) atoms. The van der Waals surface area contributed by atoms with Crippen molar-refractivity contribution in [3.63, 3.8) is 0 Å². The molecule has 0 spiro atoms. The Balaban J connectivity index is 1.23. The van der Waals surface area contributed by atoms with Crippen LogP contribution in [0.4, 0.5) is 0 Å². The molecule has 0 aliphatic heterocycles. The molecule has 0 radical (unpaired) electrons. The minimum absolute atomic E-state index is 0.000244. The zero-order valence-corrected chi connectivity index (χ0v) is 36.4. The summed E-state index contributed by atoms with van der Waals surface area (Å²) in [4.78, 5) is 9.74. The first-order valence-electron chi connectivity index (χ1n) is 22.3. The number of hydrogen-bond acceptors (Lipinski definition) is 3. The number of imidazole rings is 1. The van der Waals surface area contributed by atoms with E-state index in [1.54, 1.807) is 6.20 Å². The molecular weight excluding hydrogens is 723 g/mol. The summed E-state index contributed by atoms with van der Waals surface area (Å²) >= 11 is 0. The molecule has 8 aromatic rings. The maximum atomic E-state index is 9.43. The lowest BCUT2D eigenvalue weighted by molar-refractivity contribution is -0.572. The molecule has 0 aliphatic rings. The second kappa shape index (κ2) is 15.8. The molecule has 302 valence electrons. The van der Waals surface area contributed by atoms with Gasteiger partial charge in [-0.05, 0) is 125 Å². The Morgan fingerprint density at radius 1 is 0.610 bits per heavy atom. The first-order chi connectivity index (χ1) is 29.0. The van der Waals surface area contributed by atoms with Crippen LogP contribution in [0, 0.1) is 6.33 Å². The Morgan fingerprint density at radius 2 is 1.24 bits per heavy atom. The summed E-state index contributed by atoms with van der Waals surface area (Å²) in [6.45, 7) is 21.7. The molecule has 4 aromatic carbocycles. The van der Waals surface area contributed by atoms with Gasteiger partial charge in [0.25, 0.3) is 6.33 Å². The number of benzene rings is 4. The average Bonchev–Trinajstić information content (AvgIpc) is 3.81. The lowest BCUT2D eigenvalue weighted by Gasteiger charge is -2.20. The van der Waals surface area contributed by atoms with E-state index >= 15 is 0 Å². The molecule has 0 N–H and O–H groups in total. The second-order valence-corrected chi connectivity index (χ2v) is 17.8. The highest BCUT2D eigenvalue weighted by Crippen LogP contribution is 2.38. The van der Waals surface area contributed by atoms with Gasteiger partial charge in [0.1, 0.15) is 17.3 Å². The molecule has 0 aliphatic carbocycles. The van der Waals surface area contributed by atoms with E-state index in [4.69, 9.17) is 14.7 Å². The van der Waals surface area contributed by atoms with Crippen LogP contribution in [0.15, 0.2) is 116 Å². The van der Waals surface area contributed by atoms with Crippen LogP contribution in [0.2, 0.25) is 0 Å². The van der Waals surface area contributed by atoms with Gasteiger partial charge >= 0.3 is 0 Å². The van der Waals surface area contributed by atoms with E-state index in [1.165, 1.54) is 16.5 Å². The van der Waals surface area contributed by atoms with E-state index in [2.05, 4.69) is 157 Å². The van der Waals surface area contributed by atoms with Crippen molar-refractivity contribution in [2.24, 2.45) is 0 Å². The van der Waals surface area contributed by atoms with Crippen LogP contribution in [0.3, 0.4) is 0 Å². The van der Waals surface area contributed by atoms with E-state index in [-0.39, 0.29) is 10.8 Å². The molecule has 0 bridgehead atoms. The van der Waals surface area contributed by atoms with Crippen LogP contribution < -0.4 is 9.30 Å². The van der Waals surface area contributed by atoms with Crippen LogP contribution in [0.1, 0.15) is 132 Å². The van der Waals surface area contributed by atoms with Crippen LogP contribution >= 0.6 is 0 Å². The van der Waals surface area contributed by atoms with Crippen molar-refractivity contribution in [2.75, 3.05) is 0 Å². The van der Waals surface area contributed by atoms with Crippen LogP contribution in [0.25, 0.3) is 50.2 Å². The highest BCUT2D eigenvalue weighted by Gasteiger charge is 2.22. The smallest absolute Gasteiger partial charge is 0.271 e. The third kappa shape index (κ3) is 7.66. The fraction of sp³-hybridized carbons (Fsp3) is 0.340. The van der Waals surface area contributed by atoms with Gasteiger partial charge in [0.15, 0.2) is 5.82 Å². The highest BCUT2D eigenvalue weighted by molar-refractivity contribution is 6.09. The minimum atomic E-state index is -0.765. The lowest BCUT2D eigenvalue weighted by atomic mass is 9.86. The summed E-state index contributed by atoms with van der Waals surface area (Å²) in [7, 11) is 0. The van der Waals surface area contributed by atoms with Crippen molar-refractivity contribution in [1.29, 1.82) is 0 Å². The molecule has 0 amide bonds. The van der Waals surface area contributed by atoms with Crippen molar-refractivity contribution < 1.29 is 12.0 Å². The Hall–Kier alpha value is -5.75. The third-order valence-electron chi connectivity index (χ3n) is 11.9. The van der Waals surface area contributed by atoms with Crippen LogP contribution in [-0.4, -0.2) is 19.1 Å². The molecule has 0 saturated carbocycles. The molecule has 0 atom stereocenters. The Labute approximate surface area is 353 Å². The number of ether oxygens (including phenoxy) is 1. The van der Waals surface area contributed by atoms with E-state index in [0.717, 1.165) is 50.1 Å². The van der Waals surface area contributed by atoms with Gasteiger partial charge in [0, 0.05) is 38.0 Å². The Bertz CT molecular complexity index is 2870. The zero-order chi connectivity index (χ0) is 43.5. The molecule has 4 heterocycles. The molecule has 0 unspecified atom stereocenters. The molecule has 6 heteroatoms. The van der Waals surface area contributed by atoms with Gasteiger partial charge in [-0.15, -0.1) is 0 Å². The van der Waals surface area contributed by atoms with Gasteiger partial charge in [-0.1, -0.05) is 106 Å². The number of para-hydroxylation sites is 2. The predicted octanol–water partition coefficient (Wildman–Crippen LogP) is 13.8. The summed E-state index contributed by atoms with van der Waals surface area (Å²) in [5, 5.41) is 2.32. The monoisotopic (exact) mass is 783 g/mol. The van der Waals surface area contributed by atoms with Crippen molar-refractivity contribution in [2.45, 2.75) is 118 Å². The summed E-state index contributed by atoms with van der Waals surface area (Å²) in [5.74, 6) is 1.35. The van der Waals surface area contributed by atoms with Crippen molar-refractivity contribution in [1.82, 2.24) is 19.1 Å². The molecule has 0 fully saturated rings. The topological polar surface area (TPSA) is 48.8 Å². The predicted molar refractivity (Wildman–Crippen MR) is 244 cm³/mol. The average molecular weight is 784 g/mol. The molecule has 4 aromatic heterocycles. The van der Waals surface area contributed by atoms with Gasteiger partial charge in [-0.2, -0.15) is 0 Å². The van der Waals surface area contributed by atoms with Gasteiger partial charge < -0.3 is 4.74 Å². The highest BCUT2D eigenvalue weighted by atomic mass is 16.5. The second-order valence-electron chi connectivity index (χ2n) is 17.8. The number of pyridine rings is 2. The quantitative estimate of drug-likeness (QED) is 0.0969. The Morgan fingerprint density at radius 3 is 1.92 bits per heavy atom. The van der Waals surface area contributed by atoms with Crippen LogP contribution in [0.5, 0.6) is 11.5 Å². The fourth-order valence-electron chi connectivity index (χ4n) is 8.39. The van der Waals surface area contributed by atoms with Crippen molar-refractivity contribution in [3.05, 3.63) is 144 Å². The van der Waals surface area contributed by atoms with E-state index in [9.17, 15) is 2.74 Å². The Kier molecular flexibility index (Phi) is 10.0. The first kappa shape index (κ1) is 37.5. The van der Waals surface area contributed by atoms with Crippen molar-refractivity contribution in [3.8, 4) is 28.8 Å². The standard InChI is InChI=1S/C53H59N5O/c1-11-35(12-2)37-27-38(36(13-3)14-4)29-41(28-37)56-34-57(48-18-16-15-17-47(48)56)50-33-43(24-26-54-50)59-42-20-21-44-45-30-39(52(5,6)7)19-22-46(45)58(49(44)32-42)51-31-40(23-25-55-51)53(8,9)10/h15-33,35-36H,11-14H2,1-10H3/i35D,36D. The fourth-order valence-corrected chi connectivity index (χ4v) is 8.39. The van der Waals surface area contributed by atoms with E-state index < -0.39 is 11.8 Å². The number of rotatable bonds is 11. The number of aromatic nitrogens is 5. The number of fused-ring (bicyclic) bond motifs is 4. The summed E-state index contributed by atoms with van der Waals surface area (Å²) in [6.07, 6.45) is 10.0. The van der Waals surface area contributed by atoms with Crippen LogP contribution in [-0.2, 0) is 10.8 Å². The number of nitrogens with zero attached hydrogens (tertiary/aromatic N) is 5. The minimum Gasteiger partial charge on any atom is -0.458 e. The zero-order valence-electron chi connectivity index (χ0n) is 38.4.